The number of fused-ring (bicyclic) bond motifs is 1. The lowest BCUT2D eigenvalue weighted by Gasteiger charge is -2.30. The molecule has 1 aromatic carbocycles. The Bertz CT molecular complexity index is 546. The van der Waals surface area contributed by atoms with Gasteiger partial charge in [-0.25, -0.2) is 4.98 Å². The highest BCUT2D eigenvalue weighted by molar-refractivity contribution is 5.76. The second-order valence-corrected chi connectivity index (χ2v) is 5.16. The molecule has 0 aliphatic heterocycles. The SMILES string of the molecule is CCc1nc2ccccc2n1[C@H]1CCCC[C@H]1O. The van der Waals surface area contributed by atoms with Gasteiger partial charge in [-0.3, -0.25) is 0 Å². The van der Waals surface area contributed by atoms with Crippen LogP contribution in [0.25, 0.3) is 11.0 Å². The minimum Gasteiger partial charge on any atom is -0.391 e. The summed E-state index contributed by atoms with van der Waals surface area (Å²) in [5, 5.41) is 10.3. The van der Waals surface area contributed by atoms with E-state index in [0.717, 1.165) is 37.0 Å². The lowest BCUT2D eigenvalue weighted by molar-refractivity contribution is 0.0760. The highest BCUT2D eigenvalue weighted by atomic mass is 16.3. The number of hydrogen-bond donors (Lipinski definition) is 1. The normalized spacial score (nSPS) is 24.6. The number of aryl methyl sites for hydroxylation is 1. The van der Waals surface area contributed by atoms with Crippen molar-refractivity contribution < 1.29 is 5.11 Å². The summed E-state index contributed by atoms with van der Waals surface area (Å²) in [5.41, 5.74) is 2.22. The number of benzene rings is 1. The molecule has 1 aromatic heterocycles. The second kappa shape index (κ2) is 4.73. The molecule has 0 bridgehead atoms. The van der Waals surface area contributed by atoms with Crippen LogP contribution in [-0.4, -0.2) is 20.8 Å². The maximum Gasteiger partial charge on any atom is 0.109 e. The molecule has 0 unspecified atom stereocenters. The van der Waals surface area contributed by atoms with Gasteiger partial charge in [0.15, 0.2) is 0 Å². The van der Waals surface area contributed by atoms with Crippen LogP contribution >= 0.6 is 0 Å². The molecule has 96 valence electrons. The predicted octanol–water partition coefficient (Wildman–Crippen LogP) is 3.07. The number of para-hydroxylation sites is 2. The number of hydrogen-bond acceptors (Lipinski definition) is 2. The molecule has 1 N–H and O–H groups in total. The van der Waals surface area contributed by atoms with E-state index in [1.165, 1.54) is 11.9 Å². The van der Waals surface area contributed by atoms with Gasteiger partial charge in [0.2, 0.25) is 0 Å². The maximum absolute atomic E-state index is 10.3. The van der Waals surface area contributed by atoms with Crippen LogP contribution < -0.4 is 0 Å². The van der Waals surface area contributed by atoms with E-state index in [-0.39, 0.29) is 12.1 Å². The van der Waals surface area contributed by atoms with Gasteiger partial charge in [0.25, 0.3) is 0 Å². The summed E-state index contributed by atoms with van der Waals surface area (Å²) in [7, 11) is 0. The van der Waals surface area contributed by atoms with E-state index in [2.05, 4.69) is 29.7 Å². The van der Waals surface area contributed by atoms with Crippen LogP contribution in [0.4, 0.5) is 0 Å². The van der Waals surface area contributed by atoms with E-state index in [4.69, 9.17) is 4.98 Å². The molecule has 0 amide bonds. The topological polar surface area (TPSA) is 38.0 Å². The second-order valence-electron chi connectivity index (χ2n) is 5.16. The summed E-state index contributed by atoms with van der Waals surface area (Å²) in [5.74, 6) is 1.10. The van der Waals surface area contributed by atoms with Crippen molar-refractivity contribution in [2.24, 2.45) is 0 Å². The van der Waals surface area contributed by atoms with Crippen LogP contribution in [0.1, 0.15) is 44.5 Å². The fourth-order valence-electron chi connectivity index (χ4n) is 3.11. The van der Waals surface area contributed by atoms with Gasteiger partial charge in [-0.1, -0.05) is 31.9 Å². The lowest BCUT2D eigenvalue weighted by atomic mass is 9.92. The molecule has 3 heteroatoms. The van der Waals surface area contributed by atoms with E-state index in [1.807, 2.05) is 6.07 Å². The molecule has 3 rings (SSSR count). The van der Waals surface area contributed by atoms with Crippen LogP contribution in [0.2, 0.25) is 0 Å². The van der Waals surface area contributed by atoms with Gasteiger partial charge < -0.3 is 9.67 Å². The Hall–Kier alpha value is -1.35. The molecule has 1 fully saturated rings. The summed E-state index contributed by atoms with van der Waals surface area (Å²) in [6.45, 7) is 2.13. The Morgan fingerprint density at radius 3 is 2.83 bits per heavy atom. The van der Waals surface area contributed by atoms with Crippen molar-refractivity contribution in [3.8, 4) is 0 Å². The van der Waals surface area contributed by atoms with Crippen molar-refractivity contribution in [3.63, 3.8) is 0 Å². The zero-order valence-electron chi connectivity index (χ0n) is 10.8. The van der Waals surface area contributed by atoms with Crippen LogP contribution in [0, 0.1) is 0 Å². The molecule has 1 aliphatic rings. The van der Waals surface area contributed by atoms with Crippen LogP contribution in [0.5, 0.6) is 0 Å². The van der Waals surface area contributed by atoms with Crippen LogP contribution in [0.3, 0.4) is 0 Å². The number of rotatable bonds is 2. The van der Waals surface area contributed by atoms with Gasteiger partial charge in [-0.2, -0.15) is 0 Å². The Morgan fingerprint density at radius 1 is 1.28 bits per heavy atom. The summed E-state index contributed by atoms with van der Waals surface area (Å²) in [4.78, 5) is 4.69. The molecular weight excluding hydrogens is 224 g/mol. The van der Waals surface area contributed by atoms with Gasteiger partial charge in [-0.05, 0) is 25.0 Å². The van der Waals surface area contributed by atoms with Gasteiger partial charge in [0, 0.05) is 6.42 Å². The molecule has 2 aromatic rings. The molecule has 1 heterocycles. The first-order valence-electron chi connectivity index (χ1n) is 6.95. The molecule has 3 nitrogen and oxygen atoms in total. The standard InChI is InChI=1S/C15H20N2O/c1-2-15-16-11-7-3-4-8-12(11)17(15)13-9-5-6-10-14(13)18/h3-4,7-8,13-14,18H,2,5-6,9-10H2,1H3/t13-,14+/m0/s1. The molecule has 1 saturated carbocycles. The van der Waals surface area contributed by atoms with E-state index in [9.17, 15) is 5.11 Å². The summed E-state index contributed by atoms with van der Waals surface area (Å²) in [6.07, 6.45) is 5.03. The number of nitrogens with zero attached hydrogens (tertiary/aromatic N) is 2. The Balaban J connectivity index is 2.13. The maximum atomic E-state index is 10.3. The highest BCUT2D eigenvalue weighted by Gasteiger charge is 2.27. The first-order chi connectivity index (χ1) is 8.81. The third-order valence-electron chi connectivity index (χ3n) is 4.01. The molecule has 0 radical (unpaired) electrons. The zero-order valence-corrected chi connectivity index (χ0v) is 10.8. The first-order valence-corrected chi connectivity index (χ1v) is 6.95. The van der Waals surface area contributed by atoms with Crippen molar-refractivity contribution in [3.05, 3.63) is 30.1 Å². The quantitative estimate of drug-likeness (QED) is 0.881. The van der Waals surface area contributed by atoms with Crippen molar-refractivity contribution in [2.75, 3.05) is 0 Å². The van der Waals surface area contributed by atoms with Gasteiger partial charge >= 0.3 is 0 Å². The van der Waals surface area contributed by atoms with Gasteiger partial charge in [-0.15, -0.1) is 0 Å². The number of aliphatic hydroxyl groups excluding tert-OH is 1. The largest absolute Gasteiger partial charge is 0.391 e. The third-order valence-corrected chi connectivity index (χ3v) is 4.01. The first kappa shape index (κ1) is 11.7. The van der Waals surface area contributed by atoms with Gasteiger partial charge in [0.1, 0.15) is 5.82 Å². The van der Waals surface area contributed by atoms with E-state index in [0.29, 0.717) is 0 Å². The van der Waals surface area contributed by atoms with Crippen molar-refractivity contribution in [1.82, 2.24) is 9.55 Å². The Morgan fingerprint density at radius 2 is 2.06 bits per heavy atom. The molecule has 1 aliphatic carbocycles. The fraction of sp³-hybridized carbons (Fsp3) is 0.533. The third kappa shape index (κ3) is 1.83. The molecule has 2 atom stereocenters. The number of imidazole rings is 1. The monoisotopic (exact) mass is 244 g/mol. The highest BCUT2D eigenvalue weighted by Crippen LogP contribution is 2.32. The fourth-order valence-corrected chi connectivity index (χ4v) is 3.11. The summed E-state index contributed by atoms with van der Waals surface area (Å²) in [6, 6.07) is 8.45. The minimum absolute atomic E-state index is 0.209. The minimum atomic E-state index is -0.221. The van der Waals surface area contributed by atoms with Gasteiger partial charge in [0.05, 0.1) is 23.2 Å². The van der Waals surface area contributed by atoms with Crippen LogP contribution in [0.15, 0.2) is 24.3 Å². The van der Waals surface area contributed by atoms with Crippen molar-refractivity contribution >= 4 is 11.0 Å². The average Bonchev–Trinajstić information content (AvgIpc) is 2.78. The van der Waals surface area contributed by atoms with E-state index in [1.54, 1.807) is 0 Å². The van der Waals surface area contributed by atoms with E-state index >= 15 is 0 Å². The Labute approximate surface area is 107 Å². The van der Waals surface area contributed by atoms with E-state index < -0.39 is 0 Å². The summed E-state index contributed by atoms with van der Waals surface area (Å²) < 4.78 is 2.28. The molecule has 0 spiro atoms. The summed E-state index contributed by atoms with van der Waals surface area (Å²) >= 11 is 0. The predicted molar refractivity (Wildman–Crippen MR) is 72.6 cm³/mol. The zero-order chi connectivity index (χ0) is 12.5. The van der Waals surface area contributed by atoms with Crippen LogP contribution in [-0.2, 0) is 6.42 Å². The number of aliphatic hydroxyl groups is 1. The molecular formula is C15H20N2O. The lowest BCUT2D eigenvalue weighted by Crippen LogP contribution is -2.28. The Kier molecular flexibility index (Phi) is 3.08. The smallest absolute Gasteiger partial charge is 0.109 e. The van der Waals surface area contributed by atoms with Crippen molar-refractivity contribution in [1.29, 1.82) is 0 Å². The average molecular weight is 244 g/mol. The number of aromatic nitrogens is 2. The molecule has 0 saturated heterocycles. The van der Waals surface area contributed by atoms with Crippen molar-refractivity contribution in [2.45, 2.75) is 51.2 Å². The molecule has 18 heavy (non-hydrogen) atoms.